The summed E-state index contributed by atoms with van der Waals surface area (Å²) in [7, 11) is 0. The molecule has 0 saturated carbocycles. The molecule has 2 aliphatic heterocycles. The van der Waals surface area contributed by atoms with Gasteiger partial charge in [0.05, 0.1) is 22.1 Å². The molecule has 2 aliphatic rings. The number of benzene rings is 1. The topological polar surface area (TPSA) is 150 Å². The quantitative estimate of drug-likeness (QED) is 0.474. The van der Waals surface area contributed by atoms with E-state index in [0.29, 0.717) is 23.3 Å². The number of hydrogen-bond acceptors (Lipinski definition) is 7. The SMILES string of the molecule is Cc1ccc([N+](=O)[O-])cc1NC(=O)[C@@H]1CC(=O)Nc2nc(N3C[C@H](C)C[C@@H](C)C3)[nH]c(=O)c21. The number of carbonyl (C=O) groups excluding carboxylic acids is 2. The van der Waals surface area contributed by atoms with Gasteiger partial charge in [0.2, 0.25) is 17.8 Å². The van der Waals surface area contributed by atoms with Gasteiger partial charge in [0.25, 0.3) is 11.2 Å². The van der Waals surface area contributed by atoms with Gasteiger partial charge < -0.3 is 15.5 Å². The van der Waals surface area contributed by atoms with Crippen molar-refractivity contribution in [3.05, 3.63) is 49.8 Å². The molecule has 0 unspecified atom stereocenters. The van der Waals surface area contributed by atoms with Crippen molar-refractivity contribution in [3.8, 4) is 0 Å². The number of fused-ring (bicyclic) bond motifs is 1. The number of anilines is 3. The van der Waals surface area contributed by atoms with E-state index >= 15 is 0 Å². The number of nitrogens with one attached hydrogen (secondary N) is 3. The fourth-order valence-electron chi connectivity index (χ4n) is 4.65. The first-order valence-corrected chi connectivity index (χ1v) is 10.9. The highest BCUT2D eigenvalue weighted by molar-refractivity contribution is 6.04. The Labute approximate surface area is 189 Å². The van der Waals surface area contributed by atoms with Crippen LogP contribution in [0.3, 0.4) is 0 Å². The molecule has 4 rings (SSSR count). The smallest absolute Gasteiger partial charge is 0.271 e. The number of rotatable bonds is 4. The predicted octanol–water partition coefficient (Wildman–Crippen LogP) is 2.53. The van der Waals surface area contributed by atoms with Crippen LogP contribution in [0.1, 0.15) is 43.7 Å². The second-order valence-corrected chi connectivity index (χ2v) is 9.05. The molecule has 1 aromatic carbocycles. The lowest BCUT2D eigenvalue weighted by Crippen LogP contribution is -2.42. The monoisotopic (exact) mass is 454 g/mol. The summed E-state index contributed by atoms with van der Waals surface area (Å²) in [5.74, 6) is -0.794. The molecule has 2 amide bonds. The van der Waals surface area contributed by atoms with Crippen LogP contribution in [-0.4, -0.2) is 39.8 Å². The van der Waals surface area contributed by atoms with Crippen LogP contribution in [0.15, 0.2) is 23.0 Å². The van der Waals surface area contributed by atoms with Crippen molar-refractivity contribution in [2.75, 3.05) is 28.6 Å². The highest BCUT2D eigenvalue weighted by atomic mass is 16.6. The first-order chi connectivity index (χ1) is 15.6. The number of carbonyl (C=O) groups is 2. The van der Waals surface area contributed by atoms with Crippen molar-refractivity contribution in [1.82, 2.24) is 9.97 Å². The highest BCUT2D eigenvalue weighted by Gasteiger charge is 2.36. The van der Waals surface area contributed by atoms with Gasteiger partial charge in [0, 0.05) is 31.6 Å². The van der Waals surface area contributed by atoms with E-state index in [-0.39, 0.29) is 29.2 Å². The largest absolute Gasteiger partial charge is 0.342 e. The number of amides is 2. The standard InChI is InChI=1S/C22H26N6O5/c1-11-6-12(2)10-27(9-11)22-25-19-18(21(31)26-22)15(8-17(29)24-19)20(30)23-16-7-14(28(32)33)5-4-13(16)3/h4-5,7,11-12,15H,6,8-10H2,1-3H3,(H,23,30)(H2,24,25,26,29,31)/t11-,12-,15-/m1/s1. The van der Waals surface area contributed by atoms with E-state index in [4.69, 9.17) is 0 Å². The minimum atomic E-state index is -1.07. The Kier molecular flexibility index (Phi) is 5.88. The Balaban J connectivity index is 1.65. The summed E-state index contributed by atoms with van der Waals surface area (Å²) in [5, 5.41) is 16.3. The average molecular weight is 454 g/mol. The summed E-state index contributed by atoms with van der Waals surface area (Å²) in [6.45, 7) is 7.43. The molecule has 11 nitrogen and oxygen atoms in total. The average Bonchev–Trinajstić information content (AvgIpc) is 2.73. The normalized spacial score (nSPS) is 22.3. The minimum Gasteiger partial charge on any atom is -0.342 e. The van der Waals surface area contributed by atoms with Crippen molar-refractivity contribution in [3.63, 3.8) is 0 Å². The molecule has 0 aliphatic carbocycles. The van der Waals surface area contributed by atoms with Crippen molar-refractivity contribution < 1.29 is 14.5 Å². The van der Waals surface area contributed by atoms with Crippen LogP contribution >= 0.6 is 0 Å². The first kappa shape index (κ1) is 22.4. The zero-order valence-corrected chi connectivity index (χ0v) is 18.7. The summed E-state index contributed by atoms with van der Waals surface area (Å²) < 4.78 is 0. The van der Waals surface area contributed by atoms with E-state index in [9.17, 15) is 24.5 Å². The number of piperidine rings is 1. The number of non-ortho nitro benzene ring substituents is 1. The van der Waals surface area contributed by atoms with Gasteiger partial charge in [0.15, 0.2) is 0 Å². The van der Waals surface area contributed by atoms with Crippen LogP contribution in [0.2, 0.25) is 0 Å². The third-order valence-corrected chi connectivity index (χ3v) is 6.11. The Hall–Kier alpha value is -3.76. The van der Waals surface area contributed by atoms with Crippen LogP contribution in [0.5, 0.6) is 0 Å². The fourth-order valence-corrected chi connectivity index (χ4v) is 4.65. The molecule has 3 N–H and O–H groups in total. The number of aromatic nitrogens is 2. The number of nitrogens with zero attached hydrogens (tertiary/aromatic N) is 3. The predicted molar refractivity (Wildman–Crippen MR) is 122 cm³/mol. The van der Waals surface area contributed by atoms with E-state index < -0.39 is 28.2 Å². The lowest BCUT2D eigenvalue weighted by atomic mass is 9.91. The molecule has 3 heterocycles. The van der Waals surface area contributed by atoms with Gasteiger partial charge in [-0.1, -0.05) is 19.9 Å². The molecule has 2 aromatic rings. The number of aryl methyl sites for hydroxylation is 1. The molecule has 1 fully saturated rings. The fraction of sp³-hybridized carbons (Fsp3) is 0.455. The third kappa shape index (κ3) is 4.57. The zero-order chi connectivity index (χ0) is 23.9. The minimum absolute atomic E-state index is 0.0757. The maximum absolute atomic E-state index is 13.1. The lowest BCUT2D eigenvalue weighted by Gasteiger charge is -2.35. The van der Waals surface area contributed by atoms with Crippen LogP contribution in [0.4, 0.5) is 23.1 Å². The van der Waals surface area contributed by atoms with E-state index in [2.05, 4.69) is 34.4 Å². The molecule has 174 valence electrons. The van der Waals surface area contributed by atoms with Crippen LogP contribution in [0, 0.1) is 28.9 Å². The number of H-pyrrole nitrogens is 1. The van der Waals surface area contributed by atoms with E-state index in [0.717, 1.165) is 19.5 Å². The summed E-state index contributed by atoms with van der Waals surface area (Å²) in [6, 6.07) is 4.12. The van der Waals surface area contributed by atoms with E-state index in [1.807, 2.05) is 4.90 Å². The van der Waals surface area contributed by atoms with Gasteiger partial charge in [-0.15, -0.1) is 0 Å². The molecule has 3 atom stereocenters. The van der Waals surface area contributed by atoms with Crippen molar-refractivity contribution in [2.45, 2.75) is 39.5 Å². The second kappa shape index (κ2) is 8.64. The maximum Gasteiger partial charge on any atom is 0.271 e. The highest BCUT2D eigenvalue weighted by Crippen LogP contribution is 2.32. The third-order valence-electron chi connectivity index (χ3n) is 6.11. The van der Waals surface area contributed by atoms with Crippen molar-refractivity contribution in [1.29, 1.82) is 0 Å². The number of hydrogen-bond donors (Lipinski definition) is 3. The molecule has 0 radical (unpaired) electrons. The molecule has 0 bridgehead atoms. The van der Waals surface area contributed by atoms with Gasteiger partial charge in [-0.3, -0.25) is 29.5 Å². The summed E-state index contributed by atoms with van der Waals surface area (Å²) in [5.41, 5.74) is 0.282. The van der Waals surface area contributed by atoms with Crippen molar-refractivity contribution in [2.24, 2.45) is 11.8 Å². The van der Waals surface area contributed by atoms with Gasteiger partial charge in [-0.2, -0.15) is 4.98 Å². The number of nitro groups is 1. The van der Waals surface area contributed by atoms with Crippen molar-refractivity contribution >= 4 is 35.0 Å². The molecule has 0 spiro atoms. The maximum atomic E-state index is 13.1. The Morgan fingerprint density at radius 1 is 1.24 bits per heavy atom. The Morgan fingerprint density at radius 2 is 1.94 bits per heavy atom. The molecular weight excluding hydrogens is 428 g/mol. The van der Waals surface area contributed by atoms with Gasteiger partial charge >= 0.3 is 0 Å². The summed E-state index contributed by atoms with van der Waals surface area (Å²) >= 11 is 0. The van der Waals surface area contributed by atoms with Gasteiger partial charge in [0.1, 0.15) is 5.82 Å². The molecule has 1 aromatic heterocycles. The van der Waals surface area contributed by atoms with E-state index in [1.54, 1.807) is 6.92 Å². The zero-order valence-electron chi connectivity index (χ0n) is 18.7. The number of nitro benzene ring substituents is 1. The summed E-state index contributed by atoms with van der Waals surface area (Å²) in [4.78, 5) is 58.3. The Bertz CT molecular complexity index is 1180. The van der Waals surface area contributed by atoms with Gasteiger partial charge in [-0.25, -0.2) is 0 Å². The molecular formula is C22H26N6O5. The lowest BCUT2D eigenvalue weighted by molar-refractivity contribution is -0.384. The first-order valence-electron chi connectivity index (χ1n) is 10.9. The van der Waals surface area contributed by atoms with Crippen LogP contribution < -0.4 is 21.1 Å². The molecule has 11 heteroatoms. The molecule has 33 heavy (non-hydrogen) atoms. The summed E-state index contributed by atoms with van der Waals surface area (Å²) in [6.07, 6.45) is 0.858. The van der Waals surface area contributed by atoms with Crippen LogP contribution in [0.25, 0.3) is 0 Å². The number of aromatic amines is 1. The second-order valence-electron chi connectivity index (χ2n) is 9.05. The molecule has 1 saturated heterocycles. The van der Waals surface area contributed by atoms with E-state index in [1.165, 1.54) is 18.2 Å². The Morgan fingerprint density at radius 3 is 2.61 bits per heavy atom. The van der Waals surface area contributed by atoms with Crippen LogP contribution in [-0.2, 0) is 9.59 Å². The van der Waals surface area contributed by atoms with Gasteiger partial charge in [-0.05, 0) is 30.7 Å².